The molecule has 0 radical (unpaired) electrons. The van der Waals surface area contributed by atoms with Gasteiger partial charge in [0.05, 0.1) is 7.11 Å². The Labute approximate surface area is 134 Å². The average molecular weight is 297 g/mol. The molecule has 0 aromatic heterocycles. The number of nitrogens with zero attached hydrogens (tertiary/aromatic N) is 1. The molecule has 0 saturated heterocycles. The van der Waals surface area contributed by atoms with Crippen LogP contribution in [0.15, 0.2) is 48.5 Å². The van der Waals surface area contributed by atoms with Crippen molar-refractivity contribution in [3.05, 3.63) is 59.7 Å². The van der Waals surface area contributed by atoms with Gasteiger partial charge in [-0.1, -0.05) is 36.8 Å². The summed E-state index contributed by atoms with van der Waals surface area (Å²) < 4.78 is 5.24. The van der Waals surface area contributed by atoms with E-state index in [9.17, 15) is 0 Å². The van der Waals surface area contributed by atoms with Crippen molar-refractivity contribution in [1.82, 2.24) is 0 Å². The van der Waals surface area contributed by atoms with Gasteiger partial charge in [-0.3, -0.25) is 0 Å². The van der Waals surface area contributed by atoms with Crippen LogP contribution >= 0.6 is 0 Å². The third kappa shape index (κ3) is 4.80. The maximum absolute atomic E-state index is 5.24. The van der Waals surface area contributed by atoms with Gasteiger partial charge in [0.2, 0.25) is 0 Å². The molecular weight excluding hydrogens is 270 g/mol. The minimum atomic E-state index is 0.917. The molecule has 0 aliphatic heterocycles. The summed E-state index contributed by atoms with van der Waals surface area (Å²) in [7, 11) is 1.71. The van der Waals surface area contributed by atoms with Crippen molar-refractivity contribution in [2.45, 2.75) is 33.1 Å². The first kappa shape index (κ1) is 16.4. The number of ether oxygens (including phenoxy) is 1. The predicted molar refractivity (Wildman–Crippen MR) is 95.0 cm³/mol. The van der Waals surface area contributed by atoms with Crippen LogP contribution in [0.4, 0.5) is 5.69 Å². The molecule has 0 bridgehead atoms. The number of rotatable bonds is 8. The van der Waals surface area contributed by atoms with E-state index in [-0.39, 0.29) is 0 Å². The van der Waals surface area contributed by atoms with Crippen molar-refractivity contribution in [3.63, 3.8) is 0 Å². The van der Waals surface area contributed by atoms with Crippen molar-refractivity contribution in [2.75, 3.05) is 25.1 Å². The lowest BCUT2D eigenvalue weighted by Gasteiger charge is -2.24. The van der Waals surface area contributed by atoms with E-state index in [1.165, 1.54) is 23.2 Å². The molecule has 22 heavy (non-hydrogen) atoms. The molecule has 0 saturated carbocycles. The minimum absolute atomic E-state index is 0.917. The third-order valence-corrected chi connectivity index (χ3v) is 3.95. The van der Waals surface area contributed by atoms with E-state index in [1.807, 2.05) is 12.1 Å². The smallest absolute Gasteiger partial charge is 0.119 e. The Morgan fingerprint density at radius 1 is 0.909 bits per heavy atom. The van der Waals surface area contributed by atoms with Gasteiger partial charge in [0.15, 0.2) is 0 Å². The van der Waals surface area contributed by atoms with Gasteiger partial charge in [0.25, 0.3) is 0 Å². The number of aryl methyl sites for hydroxylation is 2. The number of hydrogen-bond acceptors (Lipinski definition) is 2. The van der Waals surface area contributed by atoms with Crippen LogP contribution in [0.25, 0.3) is 0 Å². The molecule has 2 rings (SSSR count). The summed E-state index contributed by atoms with van der Waals surface area (Å²) in [5.74, 6) is 0.917. The highest BCUT2D eigenvalue weighted by Gasteiger charge is 2.06. The summed E-state index contributed by atoms with van der Waals surface area (Å²) in [4.78, 5) is 2.47. The summed E-state index contributed by atoms with van der Waals surface area (Å²) in [5, 5.41) is 0. The normalized spacial score (nSPS) is 10.5. The largest absolute Gasteiger partial charge is 0.497 e. The molecule has 0 heterocycles. The highest BCUT2D eigenvalue weighted by atomic mass is 16.5. The topological polar surface area (TPSA) is 12.5 Å². The summed E-state index contributed by atoms with van der Waals surface area (Å²) in [6.07, 6.45) is 3.47. The van der Waals surface area contributed by atoms with E-state index in [1.54, 1.807) is 7.11 Å². The first-order valence-corrected chi connectivity index (χ1v) is 8.17. The van der Waals surface area contributed by atoms with E-state index in [2.05, 4.69) is 55.1 Å². The van der Waals surface area contributed by atoms with Gasteiger partial charge in [-0.2, -0.15) is 0 Å². The molecule has 2 heteroatoms. The van der Waals surface area contributed by atoms with Crippen LogP contribution in [0.2, 0.25) is 0 Å². The Kier molecular flexibility index (Phi) is 6.32. The number of benzene rings is 2. The van der Waals surface area contributed by atoms with Gasteiger partial charge < -0.3 is 9.64 Å². The molecule has 0 atom stereocenters. The van der Waals surface area contributed by atoms with Crippen LogP contribution in [-0.4, -0.2) is 20.2 Å². The molecule has 2 aromatic rings. The molecular formula is C20H27NO. The van der Waals surface area contributed by atoms with Crippen LogP contribution in [0.5, 0.6) is 5.75 Å². The quantitative estimate of drug-likeness (QED) is 0.690. The summed E-state index contributed by atoms with van der Waals surface area (Å²) in [6.45, 7) is 6.56. The SMILES string of the molecule is CCCN(CCCc1ccc(C)cc1)c1ccc(OC)cc1. The molecule has 0 N–H and O–H groups in total. The first-order valence-electron chi connectivity index (χ1n) is 8.17. The molecule has 0 spiro atoms. The molecule has 0 aliphatic rings. The summed E-state index contributed by atoms with van der Waals surface area (Å²) in [6, 6.07) is 17.3. The minimum Gasteiger partial charge on any atom is -0.497 e. The van der Waals surface area contributed by atoms with Crippen molar-refractivity contribution in [3.8, 4) is 5.75 Å². The van der Waals surface area contributed by atoms with Crippen LogP contribution in [0.3, 0.4) is 0 Å². The Hall–Kier alpha value is -1.96. The lowest BCUT2D eigenvalue weighted by atomic mass is 10.1. The van der Waals surface area contributed by atoms with E-state index in [4.69, 9.17) is 4.74 Å². The van der Waals surface area contributed by atoms with E-state index >= 15 is 0 Å². The second-order valence-electron chi connectivity index (χ2n) is 5.77. The Bertz CT molecular complexity index is 545. The molecule has 2 aromatic carbocycles. The van der Waals surface area contributed by atoms with Crippen molar-refractivity contribution >= 4 is 5.69 Å². The highest BCUT2D eigenvalue weighted by Crippen LogP contribution is 2.20. The van der Waals surface area contributed by atoms with E-state index in [0.717, 1.165) is 31.7 Å². The number of anilines is 1. The lowest BCUT2D eigenvalue weighted by molar-refractivity contribution is 0.415. The van der Waals surface area contributed by atoms with Crippen LogP contribution in [-0.2, 0) is 6.42 Å². The molecule has 0 fully saturated rings. The monoisotopic (exact) mass is 297 g/mol. The van der Waals surface area contributed by atoms with Gasteiger partial charge in [-0.15, -0.1) is 0 Å². The van der Waals surface area contributed by atoms with Gasteiger partial charge in [-0.25, -0.2) is 0 Å². The maximum atomic E-state index is 5.24. The van der Waals surface area contributed by atoms with E-state index in [0.29, 0.717) is 0 Å². The number of methoxy groups -OCH3 is 1. The fraction of sp³-hybridized carbons (Fsp3) is 0.400. The Morgan fingerprint density at radius 3 is 2.18 bits per heavy atom. The Balaban J connectivity index is 1.91. The zero-order valence-corrected chi connectivity index (χ0v) is 14.0. The van der Waals surface area contributed by atoms with Crippen molar-refractivity contribution in [1.29, 1.82) is 0 Å². The molecule has 0 amide bonds. The zero-order chi connectivity index (χ0) is 15.8. The van der Waals surface area contributed by atoms with Gasteiger partial charge in [0.1, 0.15) is 5.75 Å². The zero-order valence-electron chi connectivity index (χ0n) is 14.0. The van der Waals surface area contributed by atoms with Crippen LogP contribution in [0, 0.1) is 6.92 Å². The summed E-state index contributed by atoms with van der Waals surface area (Å²) in [5.41, 5.74) is 4.04. The maximum Gasteiger partial charge on any atom is 0.119 e. The number of hydrogen-bond donors (Lipinski definition) is 0. The standard InChI is InChI=1S/C20H27NO/c1-4-15-21(19-11-13-20(22-3)14-12-19)16-5-6-18-9-7-17(2)8-10-18/h7-14H,4-6,15-16H2,1-3H3. The molecule has 0 aliphatic carbocycles. The van der Waals surface area contributed by atoms with Gasteiger partial charge in [-0.05, 0) is 56.0 Å². The van der Waals surface area contributed by atoms with E-state index < -0.39 is 0 Å². The van der Waals surface area contributed by atoms with Crippen LogP contribution in [0.1, 0.15) is 30.9 Å². The van der Waals surface area contributed by atoms with Crippen LogP contribution < -0.4 is 9.64 Å². The fourth-order valence-electron chi connectivity index (χ4n) is 2.66. The van der Waals surface area contributed by atoms with Gasteiger partial charge >= 0.3 is 0 Å². The lowest BCUT2D eigenvalue weighted by Crippen LogP contribution is -2.25. The third-order valence-electron chi connectivity index (χ3n) is 3.95. The fourth-order valence-corrected chi connectivity index (χ4v) is 2.66. The molecule has 0 unspecified atom stereocenters. The first-order chi connectivity index (χ1) is 10.7. The predicted octanol–water partition coefficient (Wildman–Crippen LogP) is 4.85. The second-order valence-corrected chi connectivity index (χ2v) is 5.77. The average Bonchev–Trinajstić information content (AvgIpc) is 2.56. The van der Waals surface area contributed by atoms with Gasteiger partial charge in [0, 0.05) is 18.8 Å². The molecule has 118 valence electrons. The van der Waals surface area contributed by atoms with Crippen molar-refractivity contribution in [2.24, 2.45) is 0 Å². The molecule has 2 nitrogen and oxygen atoms in total. The highest BCUT2D eigenvalue weighted by molar-refractivity contribution is 5.49. The summed E-state index contributed by atoms with van der Waals surface area (Å²) >= 11 is 0. The Morgan fingerprint density at radius 2 is 1.59 bits per heavy atom. The second kappa shape index (κ2) is 8.47. The van der Waals surface area contributed by atoms with Crippen molar-refractivity contribution < 1.29 is 4.74 Å².